The van der Waals surface area contributed by atoms with Gasteiger partial charge >= 0.3 is 19.9 Å². The summed E-state index contributed by atoms with van der Waals surface area (Å²) in [7, 11) is -4.40. The lowest BCUT2D eigenvalue weighted by Gasteiger charge is -2.24. The molecule has 9 aromatic carbocycles. The van der Waals surface area contributed by atoms with Gasteiger partial charge in [0.2, 0.25) is 5.91 Å². The van der Waals surface area contributed by atoms with Crippen molar-refractivity contribution in [3.63, 3.8) is 0 Å². The van der Waals surface area contributed by atoms with Gasteiger partial charge in [-0.25, -0.2) is 14.2 Å². The average molecular weight is 1130 g/mol. The third-order valence-electron chi connectivity index (χ3n) is 12.9. The van der Waals surface area contributed by atoms with Gasteiger partial charge in [-0.15, -0.1) is 0 Å². The third-order valence-corrected chi connectivity index (χ3v) is 14.2. The number of ether oxygens (including phenoxy) is 5. The van der Waals surface area contributed by atoms with Crippen LogP contribution in [0.15, 0.2) is 249 Å². The first-order valence-corrected chi connectivity index (χ1v) is 28.6. The Morgan fingerprint density at radius 3 is 1.10 bits per heavy atom. The van der Waals surface area contributed by atoms with E-state index in [0.29, 0.717) is 22.6 Å². The van der Waals surface area contributed by atoms with Gasteiger partial charge in [-0.1, -0.05) is 224 Å². The summed E-state index contributed by atoms with van der Waals surface area (Å²) in [4.78, 5) is 43.2. The molecule has 2 atom stereocenters. The van der Waals surface area contributed by atoms with Crippen LogP contribution < -0.4 is 29.4 Å². The summed E-state index contributed by atoms with van der Waals surface area (Å²) in [6, 6.07) is 73.1. The Morgan fingerprint density at radius 2 is 0.675 bits per heavy atom. The standard InChI is InChI=1S/C68H63N2O12P/c71-66(60(70-68(73)79-48-55-30-16-5-17-31-55)40-58-36-38-62(75-44-51-22-8-1-9-23-51)64(42-58)76-45-52-24-10-2-11-25-52)69-61(67(72)78-47-54-28-14-4-15-29-54)41-59-37-39-63(65(43-59)77-46-53-26-12-3-13-27-53)82-83(74,80-49-56-32-18-6-19-33-56)81-50-57-34-20-7-21-35-57/h1-39,42-43,60-61H,40-41,44-50H2,(H,69,71)(H,70,73)/t60?,61-/m0/s1. The van der Waals surface area contributed by atoms with Gasteiger partial charge in [-0.3, -0.25) is 13.8 Å². The van der Waals surface area contributed by atoms with E-state index in [4.69, 9.17) is 37.3 Å². The predicted molar refractivity (Wildman–Crippen MR) is 315 cm³/mol. The topological polar surface area (TPSA) is 166 Å². The van der Waals surface area contributed by atoms with Gasteiger partial charge in [-0.2, -0.15) is 0 Å². The first-order chi connectivity index (χ1) is 40.7. The Bertz CT molecular complexity index is 3450. The van der Waals surface area contributed by atoms with Crippen molar-refractivity contribution in [3.8, 4) is 23.0 Å². The SMILES string of the molecule is O=C(NC(Cc1ccc(OCc2ccccc2)c(OCc2ccccc2)c1)C(=O)N[C@@H](Cc1ccc(OP(=O)(OCc2ccccc2)OCc2ccccc2)c(OCc2ccccc2)c1)C(=O)OCc1ccccc1)OCc1ccccc1. The number of carbonyl (C=O) groups excluding carboxylic acids is 3. The van der Waals surface area contributed by atoms with Crippen LogP contribution in [-0.2, 0) is 91.8 Å². The molecule has 0 heterocycles. The summed E-state index contributed by atoms with van der Waals surface area (Å²) >= 11 is 0. The molecule has 0 saturated carbocycles. The molecule has 0 aliphatic rings. The van der Waals surface area contributed by atoms with Gasteiger partial charge < -0.3 is 38.8 Å². The van der Waals surface area contributed by atoms with Crippen LogP contribution in [0.4, 0.5) is 4.79 Å². The number of carbonyl (C=O) groups is 3. The Kier molecular flexibility index (Phi) is 21.3. The van der Waals surface area contributed by atoms with Crippen molar-refractivity contribution in [2.75, 3.05) is 0 Å². The van der Waals surface area contributed by atoms with E-state index in [1.807, 2.05) is 212 Å². The smallest absolute Gasteiger partial charge is 0.485 e. The number of amides is 2. The molecule has 0 aliphatic heterocycles. The normalized spacial score (nSPS) is 11.8. The second-order valence-corrected chi connectivity index (χ2v) is 20.9. The molecule has 0 aromatic heterocycles. The summed E-state index contributed by atoms with van der Waals surface area (Å²) in [5.41, 5.74) is 6.74. The van der Waals surface area contributed by atoms with E-state index in [2.05, 4.69) is 10.6 Å². The quantitative estimate of drug-likeness (QED) is 0.0337. The summed E-state index contributed by atoms with van der Waals surface area (Å²) in [5.74, 6) is -0.422. The minimum absolute atomic E-state index is 0.0308. The average Bonchev–Trinajstić information content (AvgIpc) is 3.65. The maximum Gasteiger partial charge on any atom is 0.530 e. The molecule has 422 valence electrons. The van der Waals surface area contributed by atoms with E-state index < -0.39 is 37.9 Å². The largest absolute Gasteiger partial charge is 0.530 e. The highest BCUT2D eigenvalue weighted by molar-refractivity contribution is 7.48. The van der Waals surface area contributed by atoms with E-state index in [9.17, 15) is 18.9 Å². The van der Waals surface area contributed by atoms with Crippen molar-refractivity contribution in [1.29, 1.82) is 0 Å². The molecule has 83 heavy (non-hydrogen) atoms. The zero-order valence-electron chi connectivity index (χ0n) is 45.5. The van der Waals surface area contributed by atoms with Crippen LogP contribution in [0.5, 0.6) is 23.0 Å². The van der Waals surface area contributed by atoms with Crippen LogP contribution in [-0.4, -0.2) is 30.1 Å². The summed E-state index contributed by atoms with van der Waals surface area (Å²) in [5, 5.41) is 5.68. The maximum atomic E-state index is 15.0. The van der Waals surface area contributed by atoms with Gasteiger partial charge in [-0.05, 0) is 74.3 Å². The highest BCUT2D eigenvalue weighted by Gasteiger charge is 2.33. The first-order valence-electron chi connectivity index (χ1n) is 27.1. The Balaban J connectivity index is 1.01. The van der Waals surface area contributed by atoms with Crippen molar-refractivity contribution in [1.82, 2.24) is 10.6 Å². The van der Waals surface area contributed by atoms with Gasteiger partial charge in [0, 0.05) is 12.8 Å². The fourth-order valence-electron chi connectivity index (χ4n) is 8.53. The van der Waals surface area contributed by atoms with Gasteiger partial charge in [0.05, 0.1) is 13.2 Å². The van der Waals surface area contributed by atoms with Crippen molar-refractivity contribution in [2.24, 2.45) is 0 Å². The van der Waals surface area contributed by atoms with E-state index in [1.54, 1.807) is 36.4 Å². The molecule has 0 fully saturated rings. The molecule has 0 radical (unpaired) electrons. The maximum absolute atomic E-state index is 15.0. The lowest BCUT2D eigenvalue weighted by Crippen LogP contribution is -2.53. The Labute approximate surface area is 483 Å². The monoisotopic (exact) mass is 1130 g/mol. The minimum Gasteiger partial charge on any atom is -0.485 e. The number of hydrogen-bond acceptors (Lipinski definition) is 12. The van der Waals surface area contributed by atoms with Crippen molar-refractivity contribution < 1.29 is 56.2 Å². The molecule has 9 aromatic rings. The second kappa shape index (κ2) is 30.4. The minimum atomic E-state index is -4.40. The fraction of sp³-hybridized carbons (Fsp3) is 0.162. The number of esters is 1. The lowest BCUT2D eigenvalue weighted by molar-refractivity contribution is -0.149. The van der Waals surface area contributed by atoms with Crippen LogP contribution in [0.3, 0.4) is 0 Å². The summed E-state index contributed by atoms with van der Waals surface area (Å²) in [6.45, 7) is 0.236. The summed E-state index contributed by atoms with van der Waals surface area (Å²) in [6.07, 6.45) is -1.07. The van der Waals surface area contributed by atoms with Crippen LogP contribution in [0.25, 0.3) is 0 Å². The Hall–Kier alpha value is -9.46. The summed E-state index contributed by atoms with van der Waals surface area (Å²) < 4.78 is 63.6. The van der Waals surface area contributed by atoms with E-state index >= 15 is 0 Å². The van der Waals surface area contributed by atoms with Gasteiger partial charge in [0.1, 0.15) is 45.1 Å². The number of rotatable bonds is 29. The van der Waals surface area contributed by atoms with Crippen molar-refractivity contribution in [2.45, 2.75) is 71.2 Å². The van der Waals surface area contributed by atoms with Crippen LogP contribution in [0.2, 0.25) is 0 Å². The molecular weight excluding hydrogens is 1070 g/mol. The van der Waals surface area contributed by atoms with Gasteiger partial charge in [0.15, 0.2) is 23.0 Å². The molecule has 14 nitrogen and oxygen atoms in total. The van der Waals surface area contributed by atoms with Gasteiger partial charge in [0.25, 0.3) is 0 Å². The molecular formula is C68H63N2O12P. The highest BCUT2D eigenvalue weighted by atomic mass is 31.2. The lowest BCUT2D eigenvalue weighted by atomic mass is 10.0. The number of phosphoric acid groups is 1. The van der Waals surface area contributed by atoms with Crippen LogP contribution in [0, 0.1) is 0 Å². The molecule has 0 aliphatic carbocycles. The van der Waals surface area contributed by atoms with Crippen molar-refractivity contribution >= 4 is 25.8 Å². The highest BCUT2D eigenvalue weighted by Crippen LogP contribution is 2.53. The molecule has 0 saturated heterocycles. The number of phosphoric ester groups is 1. The number of alkyl carbamates (subject to hydrolysis) is 1. The second-order valence-electron chi connectivity index (χ2n) is 19.3. The van der Waals surface area contributed by atoms with E-state index in [1.165, 1.54) is 0 Å². The fourth-order valence-corrected chi connectivity index (χ4v) is 9.72. The van der Waals surface area contributed by atoms with Crippen LogP contribution >= 0.6 is 7.82 Å². The van der Waals surface area contributed by atoms with E-state index in [0.717, 1.165) is 38.9 Å². The Morgan fingerprint density at radius 1 is 0.337 bits per heavy atom. The number of nitrogens with one attached hydrogen (secondary N) is 2. The molecule has 2 N–H and O–H groups in total. The predicted octanol–water partition coefficient (Wildman–Crippen LogP) is 13.7. The van der Waals surface area contributed by atoms with Crippen LogP contribution in [0.1, 0.15) is 50.1 Å². The molecule has 0 spiro atoms. The zero-order chi connectivity index (χ0) is 57.3. The van der Waals surface area contributed by atoms with Crippen molar-refractivity contribution in [3.05, 3.63) is 299 Å². The third kappa shape index (κ3) is 18.8. The molecule has 2 amide bonds. The number of hydrogen-bond donors (Lipinski definition) is 2. The number of benzene rings is 9. The first kappa shape index (κ1) is 58.2. The molecule has 9 rings (SSSR count). The molecule has 15 heteroatoms. The molecule has 1 unspecified atom stereocenters. The zero-order valence-corrected chi connectivity index (χ0v) is 46.4. The van der Waals surface area contributed by atoms with E-state index in [-0.39, 0.29) is 70.6 Å². The molecule has 0 bridgehead atoms.